The number of imidazole rings is 1. The van der Waals surface area contributed by atoms with Crippen LogP contribution in [-0.4, -0.2) is 15.1 Å². The van der Waals surface area contributed by atoms with Gasteiger partial charge in [0.2, 0.25) is 0 Å². The smallest absolute Gasteiger partial charge is 0.156 e. The van der Waals surface area contributed by atoms with Crippen molar-refractivity contribution in [2.45, 2.75) is 12.5 Å². The molecule has 3 rings (SSSR count). The Morgan fingerprint density at radius 2 is 1.59 bits per heavy atom. The number of hydrogen-bond donors (Lipinski definition) is 3. The molecule has 0 aliphatic carbocycles. The fourth-order valence-electron chi connectivity index (χ4n) is 2.50. The normalized spacial score (nSPS) is 13.8. The van der Waals surface area contributed by atoms with Crippen molar-refractivity contribution in [3.05, 3.63) is 82.4 Å². The fourth-order valence-corrected chi connectivity index (χ4v) is 2.62. The third-order valence-electron chi connectivity index (χ3n) is 3.68. The van der Waals surface area contributed by atoms with E-state index < -0.39 is 5.60 Å². The Labute approximate surface area is 133 Å². The molecular weight excluding hydrogens is 298 g/mol. The first-order valence-electron chi connectivity index (χ1n) is 6.86. The number of H-pyrrole nitrogens is 1. The van der Waals surface area contributed by atoms with Gasteiger partial charge in [-0.3, -0.25) is 0 Å². The molecule has 0 radical (unpaired) electrons. The number of rotatable bonds is 3. The summed E-state index contributed by atoms with van der Waals surface area (Å²) in [6, 6.07) is 14.2. The summed E-state index contributed by atoms with van der Waals surface area (Å²) >= 11 is 5.96. The van der Waals surface area contributed by atoms with E-state index in [2.05, 4.69) is 9.97 Å². The van der Waals surface area contributed by atoms with E-state index in [1.54, 1.807) is 54.7 Å². The Morgan fingerprint density at radius 3 is 2.09 bits per heavy atom. The van der Waals surface area contributed by atoms with Crippen LogP contribution in [0.2, 0.25) is 5.02 Å². The summed E-state index contributed by atoms with van der Waals surface area (Å²) in [7, 11) is 0. The van der Waals surface area contributed by atoms with Gasteiger partial charge in [0.1, 0.15) is 5.82 Å². The first-order chi connectivity index (χ1) is 10.5. The molecule has 0 amide bonds. The quantitative estimate of drug-likeness (QED) is 0.650. The van der Waals surface area contributed by atoms with Crippen LogP contribution in [0.3, 0.4) is 0 Å². The fraction of sp³-hybridized carbons (Fsp3) is 0.118. The van der Waals surface area contributed by atoms with Crippen molar-refractivity contribution in [1.82, 2.24) is 9.97 Å². The molecule has 3 aromatic rings. The summed E-state index contributed by atoms with van der Waals surface area (Å²) in [6.07, 6.45) is 1.64. The summed E-state index contributed by atoms with van der Waals surface area (Å²) < 4.78 is 0. The number of nitrogen functional groups attached to an aromatic ring is 1. The Bertz CT molecular complexity index is 733. The topological polar surface area (TPSA) is 74.9 Å². The van der Waals surface area contributed by atoms with E-state index in [0.29, 0.717) is 27.5 Å². The summed E-state index contributed by atoms with van der Waals surface area (Å²) in [5.74, 6) is 0.734. The third-order valence-corrected chi connectivity index (χ3v) is 3.94. The molecule has 0 fully saturated rings. The maximum absolute atomic E-state index is 11.5. The monoisotopic (exact) mass is 313 g/mol. The van der Waals surface area contributed by atoms with E-state index in [9.17, 15) is 5.11 Å². The summed E-state index contributed by atoms with van der Waals surface area (Å²) in [5.41, 5.74) is 7.04. The Kier molecular flexibility index (Phi) is 3.64. The lowest BCUT2D eigenvalue weighted by Gasteiger charge is -2.28. The molecule has 4 nitrogen and oxygen atoms in total. The van der Waals surface area contributed by atoms with Crippen LogP contribution >= 0.6 is 11.6 Å². The molecule has 0 saturated heterocycles. The van der Waals surface area contributed by atoms with E-state index >= 15 is 0 Å². The van der Waals surface area contributed by atoms with Gasteiger partial charge in [-0.15, -0.1) is 0 Å². The lowest BCUT2D eigenvalue weighted by molar-refractivity contribution is 0.121. The van der Waals surface area contributed by atoms with E-state index in [4.69, 9.17) is 17.3 Å². The number of nitrogens with two attached hydrogens (primary N) is 1. The SMILES string of the molecule is Cc1ncc(C(O)(c2ccc(N)cc2)c2ccc(Cl)cc2)[nH]1. The predicted octanol–water partition coefficient (Wildman–Crippen LogP) is 3.24. The maximum Gasteiger partial charge on any atom is 0.156 e. The highest BCUT2D eigenvalue weighted by Gasteiger charge is 2.35. The molecule has 22 heavy (non-hydrogen) atoms. The zero-order valence-electron chi connectivity index (χ0n) is 12.0. The van der Waals surface area contributed by atoms with Crippen LogP contribution in [0.1, 0.15) is 22.6 Å². The van der Waals surface area contributed by atoms with Crippen molar-refractivity contribution in [1.29, 1.82) is 0 Å². The van der Waals surface area contributed by atoms with Crippen LogP contribution in [0.5, 0.6) is 0 Å². The van der Waals surface area contributed by atoms with Crippen LogP contribution in [0.4, 0.5) is 5.69 Å². The van der Waals surface area contributed by atoms with Crippen LogP contribution < -0.4 is 5.73 Å². The summed E-state index contributed by atoms with van der Waals surface area (Å²) in [5, 5.41) is 12.1. The minimum absolute atomic E-state index is 0.595. The van der Waals surface area contributed by atoms with Gasteiger partial charge in [0.15, 0.2) is 5.60 Å². The van der Waals surface area contributed by atoms with Gasteiger partial charge >= 0.3 is 0 Å². The predicted molar refractivity (Wildman–Crippen MR) is 87.7 cm³/mol. The van der Waals surface area contributed by atoms with Crippen molar-refractivity contribution in [3.63, 3.8) is 0 Å². The van der Waals surface area contributed by atoms with Crippen molar-refractivity contribution >= 4 is 17.3 Å². The largest absolute Gasteiger partial charge is 0.399 e. The van der Waals surface area contributed by atoms with E-state index in [0.717, 1.165) is 5.82 Å². The third kappa shape index (κ3) is 2.47. The average Bonchev–Trinajstić information content (AvgIpc) is 2.95. The zero-order chi connectivity index (χ0) is 15.7. The van der Waals surface area contributed by atoms with Crippen molar-refractivity contribution in [3.8, 4) is 0 Å². The average molecular weight is 314 g/mol. The number of aryl methyl sites for hydroxylation is 1. The van der Waals surface area contributed by atoms with Crippen molar-refractivity contribution in [2.24, 2.45) is 0 Å². The number of halogens is 1. The number of aliphatic hydroxyl groups is 1. The van der Waals surface area contributed by atoms with Gasteiger partial charge in [0.05, 0.1) is 11.9 Å². The van der Waals surface area contributed by atoms with E-state index in [-0.39, 0.29) is 0 Å². The Morgan fingerprint density at radius 1 is 1.05 bits per heavy atom. The van der Waals surface area contributed by atoms with Gasteiger partial charge < -0.3 is 15.8 Å². The second-order valence-electron chi connectivity index (χ2n) is 5.22. The molecule has 1 heterocycles. The second-order valence-corrected chi connectivity index (χ2v) is 5.66. The summed E-state index contributed by atoms with van der Waals surface area (Å²) in [4.78, 5) is 7.32. The van der Waals surface area contributed by atoms with Gasteiger partial charge in [-0.1, -0.05) is 35.9 Å². The molecule has 5 heteroatoms. The highest BCUT2D eigenvalue weighted by molar-refractivity contribution is 6.30. The molecule has 0 bridgehead atoms. The molecule has 0 aliphatic heterocycles. The molecule has 1 atom stereocenters. The van der Waals surface area contributed by atoms with E-state index in [1.165, 1.54) is 0 Å². The zero-order valence-corrected chi connectivity index (χ0v) is 12.8. The van der Waals surface area contributed by atoms with Gasteiger partial charge in [0.25, 0.3) is 0 Å². The van der Waals surface area contributed by atoms with Crippen molar-refractivity contribution in [2.75, 3.05) is 5.73 Å². The summed E-state index contributed by atoms with van der Waals surface area (Å²) in [6.45, 7) is 1.84. The van der Waals surface area contributed by atoms with Crippen LogP contribution in [0, 0.1) is 6.92 Å². The maximum atomic E-state index is 11.5. The standard InChI is InChI=1S/C17H16ClN3O/c1-11-20-10-16(21-11)17(22,12-2-6-14(18)7-3-12)13-4-8-15(19)9-5-13/h2-10,22H,19H2,1H3,(H,20,21). The molecule has 1 aromatic heterocycles. The molecule has 0 aliphatic rings. The molecule has 112 valence electrons. The van der Waals surface area contributed by atoms with Crippen LogP contribution in [0.25, 0.3) is 0 Å². The Balaban J connectivity index is 2.21. The number of aromatic nitrogens is 2. The molecule has 4 N–H and O–H groups in total. The highest BCUT2D eigenvalue weighted by atomic mass is 35.5. The Hall–Kier alpha value is -2.30. The first-order valence-corrected chi connectivity index (χ1v) is 7.24. The van der Waals surface area contributed by atoms with E-state index in [1.807, 2.05) is 6.92 Å². The minimum atomic E-state index is -1.35. The number of hydrogen-bond acceptors (Lipinski definition) is 3. The molecule has 0 spiro atoms. The molecule has 0 saturated carbocycles. The van der Waals surface area contributed by atoms with Crippen molar-refractivity contribution < 1.29 is 5.11 Å². The first kappa shape index (κ1) is 14.6. The lowest BCUT2D eigenvalue weighted by Crippen LogP contribution is -2.29. The number of nitrogens with zero attached hydrogens (tertiary/aromatic N) is 1. The van der Waals surface area contributed by atoms with Gasteiger partial charge in [-0.2, -0.15) is 0 Å². The van der Waals surface area contributed by atoms with Gasteiger partial charge in [-0.25, -0.2) is 4.98 Å². The van der Waals surface area contributed by atoms with Gasteiger partial charge in [0, 0.05) is 10.7 Å². The molecule has 2 aromatic carbocycles. The minimum Gasteiger partial charge on any atom is -0.399 e. The number of aromatic amines is 1. The molecular formula is C17H16ClN3O. The van der Waals surface area contributed by atoms with Crippen LogP contribution in [0.15, 0.2) is 54.7 Å². The van der Waals surface area contributed by atoms with Gasteiger partial charge in [-0.05, 0) is 42.3 Å². The highest BCUT2D eigenvalue weighted by Crippen LogP contribution is 2.36. The number of anilines is 1. The molecule has 1 unspecified atom stereocenters. The second kappa shape index (κ2) is 5.48. The number of benzene rings is 2. The number of nitrogens with one attached hydrogen (secondary N) is 1. The lowest BCUT2D eigenvalue weighted by atomic mass is 9.84. The van der Waals surface area contributed by atoms with Crippen LogP contribution in [-0.2, 0) is 5.60 Å².